The fourth-order valence-electron chi connectivity index (χ4n) is 6.85. The van der Waals surface area contributed by atoms with Crippen LogP contribution in [-0.2, 0) is 28.6 Å². The SMILES string of the molecule is CC/C=C\C/C=C\C/C=C\CCCCC(=O)OC(COC(=O)CCCCCCC/C=C\CCCCC)COC(=O)CCCCCCCCCCCC/C=C\C=C/CCCCC. The molecule has 0 aromatic rings. The summed E-state index contributed by atoms with van der Waals surface area (Å²) < 4.78 is 16.7. The number of hydrogen-bond donors (Lipinski definition) is 0. The fraction of sp³-hybridized carbons (Fsp3) is 0.727. The summed E-state index contributed by atoms with van der Waals surface area (Å²) in [6, 6.07) is 0. The largest absolute Gasteiger partial charge is 0.462 e. The molecule has 0 rings (SSSR count). The summed E-state index contributed by atoms with van der Waals surface area (Å²) in [6.07, 6.45) is 61.8. The number of rotatable bonds is 45. The summed E-state index contributed by atoms with van der Waals surface area (Å²) in [6.45, 7) is 6.42. The molecule has 0 heterocycles. The average Bonchev–Trinajstić information content (AvgIpc) is 3.26. The number of carbonyl (C=O) groups is 3. The van der Waals surface area contributed by atoms with Crippen LogP contribution in [0.25, 0.3) is 0 Å². The van der Waals surface area contributed by atoms with E-state index in [-0.39, 0.29) is 37.5 Å². The Bertz CT molecular complexity index is 1160. The van der Waals surface area contributed by atoms with Gasteiger partial charge in [0.15, 0.2) is 6.10 Å². The number of carbonyl (C=O) groups excluding carboxylic acids is 3. The van der Waals surface area contributed by atoms with Crippen LogP contribution in [0.5, 0.6) is 0 Å². The molecule has 1 unspecified atom stereocenters. The van der Waals surface area contributed by atoms with Crippen molar-refractivity contribution >= 4 is 17.9 Å². The number of esters is 3. The Kier molecular flexibility index (Phi) is 46.9. The van der Waals surface area contributed by atoms with Gasteiger partial charge < -0.3 is 14.2 Å². The van der Waals surface area contributed by atoms with Gasteiger partial charge in [0.1, 0.15) is 13.2 Å². The third-order valence-electron chi connectivity index (χ3n) is 10.7. The highest BCUT2D eigenvalue weighted by atomic mass is 16.6. The fourth-order valence-corrected chi connectivity index (χ4v) is 6.85. The first-order chi connectivity index (χ1) is 30.0. The lowest BCUT2D eigenvalue weighted by Gasteiger charge is -2.18. The van der Waals surface area contributed by atoms with E-state index in [9.17, 15) is 14.4 Å². The summed E-state index contributed by atoms with van der Waals surface area (Å²) in [5.41, 5.74) is 0. The van der Waals surface area contributed by atoms with Crippen molar-refractivity contribution in [3.05, 3.63) is 72.9 Å². The first-order valence-corrected chi connectivity index (χ1v) is 25.5. The van der Waals surface area contributed by atoms with Crippen molar-refractivity contribution in [3.63, 3.8) is 0 Å². The second-order valence-electron chi connectivity index (χ2n) is 16.7. The van der Waals surface area contributed by atoms with E-state index in [1.165, 1.54) is 116 Å². The van der Waals surface area contributed by atoms with Crippen LogP contribution in [0, 0.1) is 0 Å². The van der Waals surface area contributed by atoms with Crippen LogP contribution in [0.4, 0.5) is 0 Å². The molecule has 0 aliphatic rings. The lowest BCUT2D eigenvalue weighted by molar-refractivity contribution is -0.167. The Labute approximate surface area is 376 Å². The van der Waals surface area contributed by atoms with Crippen LogP contribution < -0.4 is 0 Å². The van der Waals surface area contributed by atoms with Gasteiger partial charge in [-0.1, -0.05) is 190 Å². The summed E-state index contributed by atoms with van der Waals surface area (Å²) in [4.78, 5) is 37.9. The zero-order chi connectivity index (χ0) is 44.4. The molecule has 0 spiro atoms. The predicted molar refractivity (Wildman–Crippen MR) is 261 cm³/mol. The molecular weight excluding hydrogens is 757 g/mol. The van der Waals surface area contributed by atoms with E-state index in [1.54, 1.807) is 0 Å². The van der Waals surface area contributed by atoms with Crippen LogP contribution in [0.1, 0.15) is 239 Å². The summed E-state index contributed by atoms with van der Waals surface area (Å²) in [5.74, 6) is -0.948. The molecule has 0 aliphatic heterocycles. The summed E-state index contributed by atoms with van der Waals surface area (Å²) in [5, 5.41) is 0. The van der Waals surface area contributed by atoms with Crippen LogP contribution >= 0.6 is 0 Å². The zero-order valence-electron chi connectivity index (χ0n) is 39.9. The topological polar surface area (TPSA) is 78.9 Å². The highest BCUT2D eigenvalue weighted by molar-refractivity contribution is 5.71. The minimum absolute atomic E-state index is 0.0954. The number of allylic oxidation sites excluding steroid dienone is 12. The first-order valence-electron chi connectivity index (χ1n) is 25.5. The molecule has 0 radical (unpaired) electrons. The van der Waals surface area contributed by atoms with Crippen LogP contribution in [0.15, 0.2) is 72.9 Å². The van der Waals surface area contributed by atoms with Crippen molar-refractivity contribution in [2.75, 3.05) is 13.2 Å². The molecule has 61 heavy (non-hydrogen) atoms. The normalized spacial score (nSPS) is 12.6. The molecule has 0 aliphatic carbocycles. The average molecular weight is 851 g/mol. The summed E-state index contributed by atoms with van der Waals surface area (Å²) >= 11 is 0. The van der Waals surface area contributed by atoms with Gasteiger partial charge in [0.2, 0.25) is 0 Å². The second kappa shape index (κ2) is 49.5. The molecule has 1 atom stereocenters. The van der Waals surface area contributed by atoms with Crippen molar-refractivity contribution in [2.45, 2.75) is 245 Å². The Morgan fingerprint density at radius 1 is 0.361 bits per heavy atom. The minimum Gasteiger partial charge on any atom is -0.462 e. The third-order valence-corrected chi connectivity index (χ3v) is 10.7. The quantitative estimate of drug-likeness (QED) is 0.0200. The third kappa shape index (κ3) is 47.7. The van der Waals surface area contributed by atoms with Crippen LogP contribution in [0.3, 0.4) is 0 Å². The van der Waals surface area contributed by atoms with Gasteiger partial charge in [0.25, 0.3) is 0 Å². The van der Waals surface area contributed by atoms with Gasteiger partial charge in [-0.15, -0.1) is 0 Å². The van der Waals surface area contributed by atoms with E-state index < -0.39 is 6.10 Å². The molecule has 6 heteroatoms. The van der Waals surface area contributed by atoms with Crippen molar-refractivity contribution in [1.82, 2.24) is 0 Å². The predicted octanol–water partition coefficient (Wildman–Crippen LogP) is 16.6. The van der Waals surface area contributed by atoms with E-state index in [0.717, 1.165) is 77.0 Å². The van der Waals surface area contributed by atoms with Crippen molar-refractivity contribution < 1.29 is 28.6 Å². The van der Waals surface area contributed by atoms with Crippen molar-refractivity contribution in [3.8, 4) is 0 Å². The van der Waals surface area contributed by atoms with Crippen molar-refractivity contribution in [1.29, 1.82) is 0 Å². The molecule has 0 saturated heterocycles. The number of ether oxygens (including phenoxy) is 3. The molecule has 6 nitrogen and oxygen atoms in total. The Morgan fingerprint density at radius 3 is 1.15 bits per heavy atom. The summed E-state index contributed by atoms with van der Waals surface area (Å²) in [7, 11) is 0. The monoisotopic (exact) mass is 851 g/mol. The molecule has 0 aromatic carbocycles. The van der Waals surface area contributed by atoms with Crippen LogP contribution in [0.2, 0.25) is 0 Å². The van der Waals surface area contributed by atoms with E-state index >= 15 is 0 Å². The second-order valence-corrected chi connectivity index (χ2v) is 16.7. The number of hydrogen-bond acceptors (Lipinski definition) is 6. The van der Waals surface area contributed by atoms with Crippen molar-refractivity contribution in [2.24, 2.45) is 0 Å². The van der Waals surface area contributed by atoms with E-state index in [0.29, 0.717) is 19.3 Å². The van der Waals surface area contributed by atoms with Gasteiger partial charge in [0, 0.05) is 19.3 Å². The van der Waals surface area contributed by atoms with E-state index in [2.05, 4.69) is 93.7 Å². The van der Waals surface area contributed by atoms with Crippen LogP contribution in [-0.4, -0.2) is 37.2 Å². The molecule has 0 aromatic heterocycles. The van der Waals surface area contributed by atoms with Gasteiger partial charge in [-0.25, -0.2) is 0 Å². The van der Waals surface area contributed by atoms with Gasteiger partial charge in [-0.2, -0.15) is 0 Å². The Balaban J connectivity index is 4.38. The molecular formula is C55H94O6. The Morgan fingerprint density at radius 2 is 0.689 bits per heavy atom. The van der Waals surface area contributed by atoms with Gasteiger partial charge in [0.05, 0.1) is 0 Å². The molecule has 0 amide bonds. The number of unbranched alkanes of at least 4 members (excludes halogenated alkanes) is 23. The van der Waals surface area contributed by atoms with Gasteiger partial charge >= 0.3 is 17.9 Å². The maximum Gasteiger partial charge on any atom is 0.306 e. The minimum atomic E-state index is -0.798. The highest BCUT2D eigenvalue weighted by Crippen LogP contribution is 2.14. The lowest BCUT2D eigenvalue weighted by Crippen LogP contribution is -2.30. The van der Waals surface area contributed by atoms with Gasteiger partial charge in [-0.05, 0) is 103 Å². The molecule has 350 valence electrons. The maximum absolute atomic E-state index is 12.7. The van der Waals surface area contributed by atoms with Gasteiger partial charge in [-0.3, -0.25) is 14.4 Å². The van der Waals surface area contributed by atoms with E-state index in [1.807, 2.05) is 0 Å². The molecule has 0 fully saturated rings. The molecule has 0 saturated carbocycles. The first kappa shape index (κ1) is 57.9. The molecule has 0 N–H and O–H groups in total. The maximum atomic E-state index is 12.7. The smallest absolute Gasteiger partial charge is 0.306 e. The molecule has 0 bridgehead atoms. The Hall–Kier alpha value is -3.15. The zero-order valence-corrected chi connectivity index (χ0v) is 39.9. The van der Waals surface area contributed by atoms with E-state index in [4.69, 9.17) is 14.2 Å². The lowest BCUT2D eigenvalue weighted by atomic mass is 10.1. The standard InChI is InChI=1S/C55H94O6/c1-4-7-10-13-16-19-22-25-26-27-28-29-30-31-34-36-39-42-45-48-54(57)60-51-52(61-55(58)49-46-43-40-37-33-24-21-18-15-12-9-6-3)50-59-53(56)47-44-41-38-35-32-23-20-17-14-11-8-5-2/h9,12,16-22,25,33,37,52H,4-8,10-11,13-15,23-24,26-32,34-36,38-51H2,1-3H3/b12-9-,19-16-,20-17-,21-18-,25-22-,37-33-. The highest BCUT2D eigenvalue weighted by Gasteiger charge is 2.19.